The fourth-order valence-electron chi connectivity index (χ4n) is 1.60. The predicted octanol–water partition coefficient (Wildman–Crippen LogP) is 2.08. The van der Waals surface area contributed by atoms with E-state index in [2.05, 4.69) is 9.71 Å². The molecule has 1 heterocycles. The first-order valence-electron chi connectivity index (χ1n) is 5.70. The van der Waals surface area contributed by atoms with Gasteiger partial charge in [-0.1, -0.05) is 12.1 Å². The average Bonchev–Trinajstić information content (AvgIpc) is 2.34. The number of hydrogen-bond donors (Lipinski definition) is 2. The number of anilines is 2. The summed E-state index contributed by atoms with van der Waals surface area (Å²) in [6.07, 6.45) is 1.24. The number of rotatable bonds is 3. The van der Waals surface area contributed by atoms with E-state index < -0.39 is 10.0 Å². The van der Waals surface area contributed by atoms with E-state index in [0.717, 1.165) is 11.1 Å². The van der Waals surface area contributed by atoms with Gasteiger partial charge in [0.1, 0.15) is 10.7 Å². The zero-order valence-corrected chi connectivity index (χ0v) is 11.5. The average molecular weight is 277 g/mol. The minimum Gasteiger partial charge on any atom is -0.384 e. The Bertz CT molecular complexity index is 694. The van der Waals surface area contributed by atoms with Crippen molar-refractivity contribution in [2.24, 2.45) is 0 Å². The highest BCUT2D eigenvalue weighted by Gasteiger charge is 2.15. The van der Waals surface area contributed by atoms with Gasteiger partial charge in [0, 0.05) is 6.20 Å². The van der Waals surface area contributed by atoms with Crippen LogP contribution < -0.4 is 10.5 Å². The Kier molecular flexibility index (Phi) is 3.44. The first-order chi connectivity index (χ1) is 8.88. The molecular formula is C13H15N3O2S. The number of nitrogens with two attached hydrogens (primary N) is 1. The highest BCUT2D eigenvalue weighted by Crippen LogP contribution is 2.20. The number of nitrogen functional groups attached to an aromatic ring is 1. The van der Waals surface area contributed by atoms with Crippen molar-refractivity contribution in [2.75, 3.05) is 10.5 Å². The number of benzene rings is 1. The number of hydrogen-bond acceptors (Lipinski definition) is 4. The van der Waals surface area contributed by atoms with Gasteiger partial charge < -0.3 is 5.73 Å². The van der Waals surface area contributed by atoms with Gasteiger partial charge in [-0.2, -0.15) is 0 Å². The van der Waals surface area contributed by atoms with Crippen LogP contribution in [0.1, 0.15) is 11.1 Å². The largest absolute Gasteiger partial charge is 0.384 e. The van der Waals surface area contributed by atoms with Crippen molar-refractivity contribution < 1.29 is 8.42 Å². The molecule has 3 N–H and O–H groups in total. The highest BCUT2D eigenvalue weighted by molar-refractivity contribution is 7.92. The summed E-state index contributed by atoms with van der Waals surface area (Å²) in [5.41, 5.74) is 7.85. The Balaban J connectivity index is 2.36. The molecule has 19 heavy (non-hydrogen) atoms. The second kappa shape index (κ2) is 4.89. The van der Waals surface area contributed by atoms with E-state index in [1.165, 1.54) is 18.3 Å². The molecule has 5 nitrogen and oxygen atoms in total. The van der Waals surface area contributed by atoms with Crippen LogP contribution in [0, 0.1) is 13.8 Å². The van der Waals surface area contributed by atoms with Gasteiger partial charge in [0.05, 0.1) is 5.69 Å². The number of pyridine rings is 1. The van der Waals surface area contributed by atoms with Crippen LogP contribution in [-0.4, -0.2) is 13.4 Å². The molecular weight excluding hydrogens is 262 g/mol. The van der Waals surface area contributed by atoms with Crippen LogP contribution in [0.2, 0.25) is 0 Å². The topological polar surface area (TPSA) is 85.1 Å². The van der Waals surface area contributed by atoms with Gasteiger partial charge in [0.2, 0.25) is 0 Å². The molecule has 0 aliphatic carbocycles. The van der Waals surface area contributed by atoms with Gasteiger partial charge in [-0.15, -0.1) is 0 Å². The van der Waals surface area contributed by atoms with Crippen molar-refractivity contribution in [3.05, 3.63) is 47.7 Å². The third kappa shape index (κ3) is 3.03. The van der Waals surface area contributed by atoms with E-state index in [4.69, 9.17) is 5.73 Å². The molecule has 100 valence electrons. The summed E-state index contributed by atoms with van der Waals surface area (Å²) < 4.78 is 26.9. The minimum absolute atomic E-state index is 0.0857. The lowest BCUT2D eigenvalue weighted by molar-refractivity contribution is 0.601. The number of nitrogens with one attached hydrogen (secondary N) is 1. The normalized spacial score (nSPS) is 11.3. The maximum atomic E-state index is 12.2. The maximum Gasteiger partial charge on any atom is 0.263 e. The van der Waals surface area contributed by atoms with Crippen LogP contribution in [-0.2, 0) is 10.0 Å². The molecule has 0 fully saturated rings. The Morgan fingerprint density at radius 3 is 2.53 bits per heavy atom. The molecule has 6 heteroatoms. The molecule has 1 aromatic heterocycles. The molecule has 0 amide bonds. The molecule has 0 radical (unpaired) electrons. The predicted molar refractivity (Wildman–Crippen MR) is 75.4 cm³/mol. The number of sulfonamides is 1. The summed E-state index contributed by atoms with van der Waals surface area (Å²) in [6, 6.07) is 8.47. The first kappa shape index (κ1) is 13.4. The summed E-state index contributed by atoms with van der Waals surface area (Å²) in [4.78, 5) is 3.87. The molecule has 0 aliphatic rings. The SMILES string of the molecule is Cc1ccc(C)c(NS(=O)(=O)c2ccc(N)nc2)c1. The highest BCUT2D eigenvalue weighted by atomic mass is 32.2. The van der Waals surface area contributed by atoms with Crippen molar-refractivity contribution in [3.63, 3.8) is 0 Å². The smallest absolute Gasteiger partial charge is 0.263 e. The van der Waals surface area contributed by atoms with E-state index in [0.29, 0.717) is 5.69 Å². The van der Waals surface area contributed by atoms with Crippen LogP contribution >= 0.6 is 0 Å². The van der Waals surface area contributed by atoms with Crippen LogP contribution in [0.5, 0.6) is 0 Å². The third-order valence-electron chi connectivity index (χ3n) is 2.71. The lowest BCUT2D eigenvalue weighted by Crippen LogP contribution is -2.14. The second-order valence-electron chi connectivity index (χ2n) is 4.34. The van der Waals surface area contributed by atoms with Crippen molar-refractivity contribution in [1.82, 2.24) is 4.98 Å². The van der Waals surface area contributed by atoms with Crippen molar-refractivity contribution in [1.29, 1.82) is 0 Å². The summed E-state index contributed by atoms with van der Waals surface area (Å²) in [5.74, 6) is 0.283. The van der Waals surface area contributed by atoms with Crippen LogP contribution in [0.3, 0.4) is 0 Å². The Morgan fingerprint density at radius 2 is 1.89 bits per heavy atom. The first-order valence-corrected chi connectivity index (χ1v) is 7.18. The van der Waals surface area contributed by atoms with Crippen LogP contribution in [0.4, 0.5) is 11.5 Å². The fourth-order valence-corrected chi connectivity index (χ4v) is 2.67. The van der Waals surface area contributed by atoms with E-state index in [1.807, 2.05) is 26.0 Å². The monoisotopic (exact) mass is 277 g/mol. The zero-order valence-electron chi connectivity index (χ0n) is 10.7. The number of aromatic nitrogens is 1. The minimum atomic E-state index is -3.64. The maximum absolute atomic E-state index is 12.2. The van der Waals surface area contributed by atoms with E-state index in [9.17, 15) is 8.42 Å². The summed E-state index contributed by atoms with van der Waals surface area (Å²) in [5, 5.41) is 0. The van der Waals surface area contributed by atoms with E-state index >= 15 is 0 Å². The molecule has 0 saturated heterocycles. The zero-order chi connectivity index (χ0) is 14.0. The van der Waals surface area contributed by atoms with Gasteiger partial charge >= 0.3 is 0 Å². The molecule has 2 aromatic rings. The quantitative estimate of drug-likeness (QED) is 0.899. The fraction of sp³-hybridized carbons (Fsp3) is 0.154. The second-order valence-corrected chi connectivity index (χ2v) is 6.03. The van der Waals surface area contributed by atoms with E-state index in [-0.39, 0.29) is 10.7 Å². The molecule has 2 rings (SSSR count). The van der Waals surface area contributed by atoms with Gasteiger partial charge in [-0.3, -0.25) is 4.72 Å². The van der Waals surface area contributed by atoms with Crippen LogP contribution in [0.15, 0.2) is 41.4 Å². The lowest BCUT2D eigenvalue weighted by Gasteiger charge is -2.11. The van der Waals surface area contributed by atoms with Crippen LogP contribution in [0.25, 0.3) is 0 Å². The molecule has 0 saturated carbocycles. The van der Waals surface area contributed by atoms with Crippen molar-refractivity contribution in [2.45, 2.75) is 18.7 Å². The Morgan fingerprint density at radius 1 is 1.16 bits per heavy atom. The number of nitrogens with zero attached hydrogens (tertiary/aromatic N) is 1. The van der Waals surface area contributed by atoms with E-state index in [1.54, 1.807) is 6.07 Å². The summed E-state index contributed by atoms with van der Waals surface area (Å²) in [6.45, 7) is 3.75. The number of aryl methyl sites for hydroxylation is 2. The lowest BCUT2D eigenvalue weighted by atomic mass is 10.1. The van der Waals surface area contributed by atoms with Gasteiger partial charge in [0.15, 0.2) is 0 Å². The van der Waals surface area contributed by atoms with Gasteiger partial charge in [-0.05, 0) is 43.2 Å². The third-order valence-corrected chi connectivity index (χ3v) is 4.06. The molecule has 0 spiro atoms. The Labute approximate surface area is 112 Å². The molecule has 0 bridgehead atoms. The molecule has 0 unspecified atom stereocenters. The summed E-state index contributed by atoms with van der Waals surface area (Å²) >= 11 is 0. The molecule has 0 atom stereocenters. The summed E-state index contributed by atoms with van der Waals surface area (Å²) in [7, 11) is -3.64. The molecule has 0 aliphatic heterocycles. The standard InChI is InChI=1S/C13H15N3O2S/c1-9-3-4-10(2)12(7-9)16-19(17,18)11-5-6-13(14)15-8-11/h3-8,16H,1-2H3,(H2,14,15). The van der Waals surface area contributed by atoms with Crippen molar-refractivity contribution >= 4 is 21.5 Å². The van der Waals surface area contributed by atoms with Crippen molar-refractivity contribution in [3.8, 4) is 0 Å². The van der Waals surface area contributed by atoms with Gasteiger partial charge in [-0.25, -0.2) is 13.4 Å². The molecule has 1 aromatic carbocycles. The van der Waals surface area contributed by atoms with Gasteiger partial charge in [0.25, 0.3) is 10.0 Å². The Hall–Kier alpha value is -2.08.